The molecule has 1 aliphatic heterocycles. The third-order valence-electron chi connectivity index (χ3n) is 3.77. The molecular formula is C14H18FNO2. The lowest BCUT2D eigenvalue weighted by Crippen LogP contribution is -2.47. The second-order valence-corrected chi connectivity index (χ2v) is 5.11. The van der Waals surface area contributed by atoms with Gasteiger partial charge in [0.25, 0.3) is 0 Å². The number of carbonyl (C=O) groups is 1. The van der Waals surface area contributed by atoms with Crippen LogP contribution in [-0.2, 0) is 11.2 Å². The van der Waals surface area contributed by atoms with E-state index in [0.717, 1.165) is 24.1 Å². The molecule has 4 heteroatoms. The molecule has 2 N–H and O–H groups in total. The largest absolute Gasteiger partial charge is 0.481 e. The molecule has 1 fully saturated rings. The van der Waals surface area contributed by atoms with Gasteiger partial charge in [-0.3, -0.25) is 4.79 Å². The van der Waals surface area contributed by atoms with Gasteiger partial charge in [-0.25, -0.2) is 4.39 Å². The van der Waals surface area contributed by atoms with E-state index in [9.17, 15) is 14.3 Å². The predicted molar refractivity (Wildman–Crippen MR) is 67.0 cm³/mol. The first-order chi connectivity index (χ1) is 8.53. The van der Waals surface area contributed by atoms with E-state index in [1.807, 2.05) is 6.92 Å². The summed E-state index contributed by atoms with van der Waals surface area (Å²) in [5.41, 5.74) is 0.945. The molecule has 98 valence electrons. The Morgan fingerprint density at radius 3 is 2.94 bits per heavy atom. The molecule has 1 aliphatic rings. The van der Waals surface area contributed by atoms with Crippen LogP contribution in [0.25, 0.3) is 0 Å². The minimum atomic E-state index is -0.795. The van der Waals surface area contributed by atoms with Gasteiger partial charge in [-0.05, 0) is 56.0 Å². The van der Waals surface area contributed by atoms with Crippen LogP contribution < -0.4 is 5.32 Å². The smallest absolute Gasteiger partial charge is 0.311 e. The van der Waals surface area contributed by atoms with E-state index >= 15 is 0 Å². The normalized spacial score (nSPS) is 23.9. The average molecular weight is 251 g/mol. The Hall–Kier alpha value is -1.42. The van der Waals surface area contributed by atoms with Gasteiger partial charge in [0.1, 0.15) is 5.82 Å². The standard InChI is InChI=1S/C14H18FNO2/c1-10-3-4-12(15)7-11(10)8-14(13(17)18)5-2-6-16-9-14/h3-4,7,16H,2,5-6,8-9H2,1H3,(H,17,18). The van der Waals surface area contributed by atoms with E-state index < -0.39 is 11.4 Å². The number of aliphatic carboxylic acids is 1. The second kappa shape index (κ2) is 5.06. The van der Waals surface area contributed by atoms with Gasteiger partial charge in [0.2, 0.25) is 0 Å². The van der Waals surface area contributed by atoms with Crippen LogP contribution in [0.3, 0.4) is 0 Å². The summed E-state index contributed by atoms with van der Waals surface area (Å²) in [6.07, 6.45) is 1.88. The minimum absolute atomic E-state index is 0.306. The van der Waals surface area contributed by atoms with E-state index in [-0.39, 0.29) is 5.82 Å². The maximum atomic E-state index is 13.3. The van der Waals surface area contributed by atoms with Crippen molar-refractivity contribution in [2.75, 3.05) is 13.1 Å². The Morgan fingerprint density at radius 1 is 1.56 bits per heavy atom. The number of carboxylic acids is 1. The van der Waals surface area contributed by atoms with Crippen LogP contribution in [0.15, 0.2) is 18.2 Å². The van der Waals surface area contributed by atoms with Gasteiger partial charge in [0.15, 0.2) is 0 Å². The molecule has 0 aliphatic carbocycles. The number of hydrogen-bond donors (Lipinski definition) is 2. The van der Waals surface area contributed by atoms with Crippen LogP contribution in [0.1, 0.15) is 24.0 Å². The van der Waals surface area contributed by atoms with Crippen molar-refractivity contribution >= 4 is 5.97 Å². The number of carboxylic acid groups (broad SMARTS) is 1. The van der Waals surface area contributed by atoms with E-state index in [4.69, 9.17) is 0 Å². The first-order valence-electron chi connectivity index (χ1n) is 6.23. The maximum absolute atomic E-state index is 13.3. The molecule has 1 heterocycles. The summed E-state index contributed by atoms with van der Waals surface area (Å²) in [5.74, 6) is -1.10. The van der Waals surface area contributed by atoms with Crippen LogP contribution in [0.2, 0.25) is 0 Å². The molecule has 3 nitrogen and oxygen atoms in total. The number of piperidine rings is 1. The molecule has 1 aromatic rings. The lowest BCUT2D eigenvalue weighted by Gasteiger charge is -2.34. The van der Waals surface area contributed by atoms with Crippen LogP contribution in [0.4, 0.5) is 4.39 Å². The van der Waals surface area contributed by atoms with Gasteiger partial charge in [-0.15, -0.1) is 0 Å². The maximum Gasteiger partial charge on any atom is 0.311 e. The van der Waals surface area contributed by atoms with Crippen molar-refractivity contribution in [3.63, 3.8) is 0 Å². The summed E-state index contributed by atoms with van der Waals surface area (Å²) in [6.45, 7) is 3.20. The van der Waals surface area contributed by atoms with Crippen molar-refractivity contribution in [1.29, 1.82) is 0 Å². The Morgan fingerprint density at radius 2 is 2.33 bits per heavy atom. The Kier molecular flexibility index (Phi) is 3.66. The molecule has 0 spiro atoms. The zero-order valence-electron chi connectivity index (χ0n) is 10.5. The van der Waals surface area contributed by atoms with Crippen molar-refractivity contribution in [3.05, 3.63) is 35.1 Å². The Bertz CT molecular complexity index is 453. The van der Waals surface area contributed by atoms with Crippen LogP contribution in [0.5, 0.6) is 0 Å². The number of benzene rings is 1. The van der Waals surface area contributed by atoms with E-state index in [1.54, 1.807) is 6.07 Å². The summed E-state index contributed by atoms with van der Waals surface area (Å²) < 4.78 is 13.3. The number of nitrogens with one attached hydrogen (secondary N) is 1. The summed E-state index contributed by atoms with van der Waals surface area (Å²) >= 11 is 0. The molecule has 18 heavy (non-hydrogen) atoms. The molecule has 1 unspecified atom stereocenters. The molecule has 0 aromatic heterocycles. The minimum Gasteiger partial charge on any atom is -0.481 e. The topological polar surface area (TPSA) is 49.3 Å². The summed E-state index contributed by atoms with van der Waals surface area (Å²) in [4.78, 5) is 11.5. The molecule has 0 saturated carbocycles. The van der Waals surface area contributed by atoms with Crippen molar-refractivity contribution in [2.45, 2.75) is 26.2 Å². The van der Waals surface area contributed by atoms with Crippen molar-refractivity contribution in [3.8, 4) is 0 Å². The van der Waals surface area contributed by atoms with Crippen LogP contribution >= 0.6 is 0 Å². The SMILES string of the molecule is Cc1ccc(F)cc1CC1(C(=O)O)CCCNC1. The second-order valence-electron chi connectivity index (χ2n) is 5.11. The molecule has 0 radical (unpaired) electrons. The number of rotatable bonds is 3. The van der Waals surface area contributed by atoms with E-state index in [2.05, 4.69) is 5.32 Å². The summed E-state index contributed by atoms with van der Waals surface area (Å²) in [5, 5.41) is 12.6. The summed E-state index contributed by atoms with van der Waals surface area (Å²) in [6, 6.07) is 4.57. The quantitative estimate of drug-likeness (QED) is 0.865. The zero-order valence-corrected chi connectivity index (χ0v) is 10.5. The van der Waals surface area contributed by atoms with Crippen molar-refractivity contribution < 1.29 is 14.3 Å². The molecule has 2 rings (SSSR count). The monoisotopic (exact) mass is 251 g/mol. The average Bonchev–Trinajstić information content (AvgIpc) is 2.35. The highest BCUT2D eigenvalue weighted by Crippen LogP contribution is 2.32. The molecular weight excluding hydrogens is 233 g/mol. The van der Waals surface area contributed by atoms with Gasteiger partial charge in [-0.2, -0.15) is 0 Å². The summed E-state index contributed by atoms with van der Waals surface area (Å²) in [7, 11) is 0. The third-order valence-corrected chi connectivity index (χ3v) is 3.77. The van der Waals surface area contributed by atoms with Gasteiger partial charge in [0.05, 0.1) is 5.41 Å². The highest BCUT2D eigenvalue weighted by atomic mass is 19.1. The van der Waals surface area contributed by atoms with Gasteiger partial charge in [0, 0.05) is 6.54 Å². The van der Waals surface area contributed by atoms with E-state index in [1.165, 1.54) is 12.1 Å². The number of halogens is 1. The van der Waals surface area contributed by atoms with Crippen molar-refractivity contribution in [1.82, 2.24) is 5.32 Å². The van der Waals surface area contributed by atoms with Gasteiger partial charge >= 0.3 is 5.97 Å². The lowest BCUT2D eigenvalue weighted by molar-refractivity contribution is -0.150. The number of hydrogen-bond acceptors (Lipinski definition) is 2. The molecule has 0 amide bonds. The van der Waals surface area contributed by atoms with Crippen LogP contribution in [-0.4, -0.2) is 24.2 Å². The Balaban J connectivity index is 2.28. The highest BCUT2D eigenvalue weighted by Gasteiger charge is 2.40. The highest BCUT2D eigenvalue weighted by molar-refractivity contribution is 5.75. The molecule has 0 bridgehead atoms. The third kappa shape index (κ3) is 2.53. The fraction of sp³-hybridized carbons (Fsp3) is 0.500. The molecule has 1 saturated heterocycles. The lowest BCUT2D eigenvalue weighted by atomic mass is 9.75. The van der Waals surface area contributed by atoms with E-state index in [0.29, 0.717) is 19.4 Å². The first kappa shape index (κ1) is 13.0. The predicted octanol–water partition coefficient (Wildman–Crippen LogP) is 2.13. The first-order valence-corrected chi connectivity index (χ1v) is 6.23. The fourth-order valence-corrected chi connectivity index (χ4v) is 2.57. The molecule has 1 atom stereocenters. The van der Waals surface area contributed by atoms with Crippen LogP contribution in [0, 0.1) is 18.2 Å². The fourth-order valence-electron chi connectivity index (χ4n) is 2.57. The number of aryl methyl sites for hydroxylation is 1. The molecule has 1 aromatic carbocycles. The zero-order chi connectivity index (χ0) is 13.2. The Labute approximate surface area is 106 Å². The van der Waals surface area contributed by atoms with Crippen molar-refractivity contribution in [2.24, 2.45) is 5.41 Å². The van der Waals surface area contributed by atoms with Gasteiger partial charge in [-0.1, -0.05) is 6.07 Å². The van der Waals surface area contributed by atoms with Gasteiger partial charge < -0.3 is 10.4 Å².